The van der Waals surface area contributed by atoms with Crippen LogP contribution in [0.1, 0.15) is 44.0 Å². The minimum absolute atomic E-state index is 0.0101. The first kappa shape index (κ1) is 25.0. The van der Waals surface area contributed by atoms with Gasteiger partial charge in [-0.2, -0.15) is 10.2 Å². The Morgan fingerprint density at radius 2 is 2.11 bits per heavy atom. The van der Waals surface area contributed by atoms with Crippen molar-refractivity contribution in [2.24, 2.45) is 0 Å². The van der Waals surface area contributed by atoms with Crippen LogP contribution in [0.3, 0.4) is 0 Å². The summed E-state index contributed by atoms with van der Waals surface area (Å²) in [7, 11) is 0. The van der Waals surface area contributed by atoms with Crippen LogP contribution in [-0.4, -0.2) is 55.6 Å². The smallest absolute Gasteiger partial charge is 0.443 e. The number of aromatic nitrogens is 5. The average Bonchev–Trinajstić information content (AvgIpc) is 3.45. The quantitative estimate of drug-likeness (QED) is 0.390. The van der Waals surface area contributed by atoms with Crippen LogP contribution in [0.4, 0.5) is 34.0 Å². The molecule has 1 saturated carbocycles. The Labute approximate surface area is 201 Å². The van der Waals surface area contributed by atoms with Gasteiger partial charge in [0.2, 0.25) is 0 Å². The highest BCUT2D eigenvalue weighted by molar-refractivity contribution is 6.29. The monoisotopic (exact) mass is 519 g/mol. The molecule has 15 heteroatoms. The molecule has 35 heavy (non-hydrogen) atoms. The SMILES string of the molecule is CC(C)NC(=O)OC1CCC(c2cc(Nc3nc(Cl)cn4nc(COC(F)(F)F)cc34)n[nH]2)C1F. The topological polar surface area (TPSA) is 118 Å². The summed E-state index contributed by atoms with van der Waals surface area (Å²) in [4.78, 5) is 16.0. The van der Waals surface area contributed by atoms with Gasteiger partial charge in [0.25, 0.3) is 0 Å². The van der Waals surface area contributed by atoms with E-state index in [1.54, 1.807) is 19.9 Å². The molecule has 0 aliphatic heterocycles. The molecule has 190 valence electrons. The Hall–Kier alpha value is -3.13. The number of amides is 1. The number of anilines is 2. The minimum Gasteiger partial charge on any atom is -0.443 e. The van der Waals surface area contributed by atoms with E-state index in [9.17, 15) is 22.4 Å². The van der Waals surface area contributed by atoms with Crippen molar-refractivity contribution in [3.63, 3.8) is 0 Å². The Morgan fingerprint density at radius 3 is 2.83 bits per heavy atom. The van der Waals surface area contributed by atoms with E-state index in [0.29, 0.717) is 24.1 Å². The highest BCUT2D eigenvalue weighted by Gasteiger charge is 2.41. The van der Waals surface area contributed by atoms with Gasteiger partial charge in [-0.1, -0.05) is 11.6 Å². The maximum atomic E-state index is 15.0. The third-order valence-corrected chi connectivity index (χ3v) is 5.45. The molecule has 0 radical (unpaired) electrons. The van der Waals surface area contributed by atoms with E-state index in [0.717, 1.165) is 0 Å². The normalized spacial score (nSPS) is 20.5. The predicted molar refractivity (Wildman–Crippen MR) is 116 cm³/mol. The molecule has 3 N–H and O–H groups in total. The lowest BCUT2D eigenvalue weighted by Crippen LogP contribution is -2.36. The summed E-state index contributed by atoms with van der Waals surface area (Å²) in [6.07, 6.45) is -5.65. The molecular formula is C20H22ClF4N7O3. The number of carbonyl (C=O) groups is 1. The lowest BCUT2D eigenvalue weighted by Gasteiger charge is -2.18. The van der Waals surface area contributed by atoms with Crippen molar-refractivity contribution in [1.82, 2.24) is 30.1 Å². The number of alkyl carbamates (subject to hydrolysis) is 1. The molecule has 3 heterocycles. The number of nitrogens with one attached hydrogen (secondary N) is 3. The number of hydrogen-bond donors (Lipinski definition) is 3. The molecule has 0 bridgehead atoms. The number of aromatic amines is 1. The summed E-state index contributed by atoms with van der Waals surface area (Å²) >= 11 is 6.02. The van der Waals surface area contributed by atoms with Gasteiger partial charge in [0, 0.05) is 23.7 Å². The second-order valence-electron chi connectivity index (χ2n) is 8.32. The van der Waals surface area contributed by atoms with E-state index in [1.165, 1.54) is 16.8 Å². The first-order valence-electron chi connectivity index (χ1n) is 10.7. The number of fused-ring (bicyclic) bond motifs is 1. The predicted octanol–water partition coefficient (Wildman–Crippen LogP) is 4.60. The Kier molecular flexibility index (Phi) is 7.03. The van der Waals surface area contributed by atoms with Crippen molar-refractivity contribution in [1.29, 1.82) is 0 Å². The number of hydrogen-bond acceptors (Lipinski definition) is 7. The van der Waals surface area contributed by atoms with Crippen molar-refractivity contribution in [3.8, 4) is 0 Å². The van der Waals surface area contributed by atoms with Gasteiger partial charge in [-0.05, 0) is 32.8 Å². The number of carbonyl (C=O) groups excluding carboxylic acids is 1. The number of nitrogens with zero attached hydrogens (tertiary/aromatic N) is 4. The average molecular weight is 520 g/mol. The molecule has 0 saturated heterocycles. The fourth-order valence-electron chi connectivity index (χ4n) is 3.82. The molecule has 1 aliphatic carbocycles. The van der Waals surface area contributed by atoms with Crippen LogP contribution in [0.25, 0.3) is 5.52 Å². The number of H-pyrrole nitrogens is 1. The highest BCUT2D eigenvalue weighted by atomic mass is 35.5. The molecule has 10 nitrogen and oxygen atoms in total. The van der Waals surface area contributed by atoms with E-state index >= 15 is 0 Å². The van der Waals surface area contributed by atoms with Gasteiger partial charge < -0.3 is 15.4 Å². The molecule has 3 aromatic heterocycles. The summed E-state index contributed by atoms with van der Waals surface area (Å²) in [6, 6.07) is 2.82. The van der Waals surface area contributed by atoms with Crippen LogP contribution in [0, 0.1) is 0 Å². The first-order valence-corrected chi connectivity index (χ1v) is 11.1. The third kappa shape index (κ3) is 6.11. The largest absolute Gasteiger partial charge is 0.522 e. The molecule has 0 spiro atoms. The van der Waals surface area contributed by atoms with Gasteiger partial charge in [-0.15, -0.1) is 13.2 Å². The molecule has 4 rings (SSSR count). The van der Waals surface area contributed by atoms with Crippen LogP contribution < -0.4 is 10.6 Å². The molecular weight excluding hydrogens is 498 g/mol. The van der Waals surface area contributed by atoms with E-state index in [4.69, 9.17) is 16.3 Å². The van der Waals surface area contributed by atoms with Gasteiger partial charge in [0.1, 0.15) is 29.6 Å². The zero-order valence-corrected chi connectivity index (χ0v) is 19.3. The van der Waals surface area contributed by atoms with Crippen molar-refractivity contribution < 1.29 is 31.8 Å². The lowest BCUT2D eigenvalue weighted by molar-refractivity contribution is -0.330. The van der Waals surface area contributed by atoms with Crippen molar-refractivity contribution in [2.45, 2.75) is 63.9 Å². The first-order chi connectivity index (χ1) is 16.5. The Morgan fingerprint density at radius 1 is 1.34 bits per heavy atom. The van der Waals surface area contributed by atoms with Crippen LogP contribution in [0.5, 0.6) is 0 Å². The maximum Gasteiger partial charge on any atom is 0.522 e. The fraction of sp³-hybridized carbons (Fsp3) is 0.500. The molecule has 3 aromatic rings. The minimum atomic E-state index is -4.80. The second-order valence-corrected chi connectivity index (χ2v) is 8.70. The van der Waals surface area contributed by atoms with Gasteiger partial charge in [-0.3, -0.25) is 9.84 Å². The summed E-state index contributed by atoms with van der Waals surface area (Å²) in [6.45, 7) is 2.76. The summed E-state index contributed by atoms with van der Waals surface area (Å²) < 4.78 is 62.3. The lowest BCUT2D eigenvalue weighted by atomic mass is 10.0. The van der Waals surface area contributed by atoms with E-state index in [-0.39, 0.29) is 28.5 Å². The van der Waals surface area contributed by atoms with Crippen molar-refractivity contribution in [3.05, 3.63) is 34.9 Å². The van der Waals surface area contributed by atoms with Crippen LogP contribution >= 0.6 is 11.6 Å². The molecule has 1 amide bonds. The number of rotatable bonds is 7. The second kappa shape index (κ2) is 9.85. The fourth-order valence-corrected chi connectivity index (χ4v) is 4.00. The van der Waals surface area contributed by atoms with Crippen molar-refractivity contribution in [2.75, 3.05) is 5.32 Å². The van der Waals surface area contributed by atoms with Crippen molar-refractivity contribution >= 4 is 34.8 Å². The Balaban J connectivity index is 1.46. The van der Waals surface area contributed by atoms with E-state index in [2.05, 4.69) is 35.7 Å². The van der Waals surface area contributed by atoms with Gasteiger partial charge in [-0.25, -0.2) is 18.7 Å². The van der Waals surface area contributed by atoms with Crippen LogP contribution in [0.2, 0.25) is 5.15 Å². The van der Waals surface area contributed by atoms with Crippen LogP contribution in [0.15, 0.2) is 18.3 Å². The number of halogens is 5. The zero-order valence-electron chi connectivity index (χ0n) is 18.6. The van der Waals surface area contributed by atoms with E-state index < -0.39 is 37.3 Å². The summed E-state index contributed by atoms with van der Waals surface area (Å²) in [5.74, 6) is -0.112. The molecule has 3 unspecified atom stereocenters. The van der Waals surface area contributed by atoms with Gasteiger partial charge in [0.15, 0.2) is 11.6 Å². The molecule has 1 aliphatic rings. The highest BCUT2D eigenvalue weighted by Crippen LogP contribution is 2.38. The molecule has 3 atom stereocenters. The standard InChI is InChI=1S/C20H22ClF4N7O3/c1-9(2)26-19(33)35-14-4-3-11(17(14)22)12-6-16(30-29-12)28-18-13-5-10(8-34-20(23,24)25)31-32(13)7-15(21)27-18/h5-7,9,11,14,17H,3-4,8H2,1-2H3,(H,26,33)(H2,27,28,29,30). The zero-order chi connectivity index (χ0) is 25.3. The third-order valence-electron chi connectivity index (χ3n) is 5.27. The van der Waals surface area contributed by atoms with E-state index in [1.807, 2.05) is 0 Å². The van der Waals surface area contributed by atoms with Gasteiger partial charge >= 0.3 is 12.5 Å². The van der Waals surface area contributed by atoms with Gasteiger partial charge in [0.05, 0.1) is 11.9 Å². The molecule has 0 aromatic carbocycles. The molecule has 1 fully saturated rings. The Bertz CT molecular complexity index is 1200. The number of ether oxygens (including phenoxy) is 2. The summed E-state index contributed by atoms with van der Waals surface area (Å²) in [5.41, 5.74) is 0.825. The summed E-state index contributed by atoms with van der Waals surface area (Å²) in [5, 5.41) is 16.4. The maximum absolute atomic E-state index is 15.0. The van der Waals surface area contributed by atoms with Crippen LogP contribution in [-0.2, 0) is 16.1 Å². The number of alkyl halides is 4.